The smallest absolute Gasteiger partial charge is 0.227 e. The largest absolute Gasteiger partial charge is 0.340 e. The summed E-state index contributed by atoms with van der Waals surface area (Å²) >= 11 is 0. The Kier molecular flexibility index (Phi) is 7.52. The molecule has 3 heterocycles. The predicted octanol–water partition coefficient (Wildman–Crippen LogP) is 3.94. The summed E-state index contributed by atoms with van der Waals surface area (Å²) in [7, 11) is 0. The summed E-state index contributed by atoms with van der Waals surface area (Å²) in [6.07, 6.45) is 6.80. The molecule has 186 valence electrons. The van der Waals surface area contributed by atoms with Gasteiger partial charge < -0.3 is 9.42 Å². The van der Waals surface area contributed by atoms with E-state index in [0.717, 1.165) is 62.4 Å². The Morgan fingerprint density at radius 2 is 1.75 bits per heavy atom. The third kappa shape index (κ3) is 6.07. The number of rotatable bonds is 9. The maximum atomic E-state index is 12.7. The summed E-state index contributed by atoms with van der Waals surface area (Å²) in [5, 5.41) is 8.54. The number of aryl methyl sites for hydroxylation is 3. The minimum absolute atomic E-state index is 0.219. The summed E-state index contributed by atoms with van der Waals surface area (Å²) in [6, 6.07) is 18.1. The molecule has 0 radical (unpaired) electrons. The molecule has 0 spiro atoms. The van der Waals surface area contributed by atoms with E-state index in [2.05, 4.69) is 39.2 Å². The van der Waals surface area contributed by atoms with Crippen LogP contribution in [0.4, 0.5) is 0 Å². The third-order valence-corrected chi connectivity index (χ3v) is 6.65. The van der Waals surface area contributed by atoms with Gasteiger partial charge in [-0.1, -0.05) is 53.2 Å². The molecule has 0 atom stereocenters. The Bertz CT molecular complexity index is 1260. The first-order valence-corrected chi connectivity index (χ1v) is 12.6. The molecule has 36 heavy (non-hydrogen) atoms. The number of para-hydroxylation sites is 1. The van der Waals surface area contributed by atoms with E-state index in [1.807, 2.05) is 64.4 Å². The molecule has 4 aromatic rings. The molecular weight excluding hydrogens is 452 g/mol. The minimum atomic E-state index is 0.219. The lowest BCUT2D eigenvalue weighted by molar-refractivity contribution is -0.132. The lowest BCUT2D eigenvalue weighted by Crippen LogP contribution is -2.48. The molecule has 0 N–H and O–H groups in total. The topological polar surface area (TPSA) is 80.3 Å². The van der Waals surface area contributed by atoms with Crippen LogP contribution < -0.4 is 0 Å². The number of nitrogens with zero attached hydrogens (tertiary/aromatic N) is 6. The molecule has 1 fully saturated rings. The first-order valence-electron chi connectivity index (χ1n) is 12.6. The van der Waals surface area contributed by atoms with Crippen LogP contribution in [0.1, 0.15) is 29.9 Å². The van der Waals surface area contributed by atoms with Gasteiger partial charge in [0, 0.05) is 50.8 Å². The number of piperazine rings is 1. The van der Waals surface area contributed by atoms with Crippen LogP contribution in [0.15, 0.2) is 71.5 Å². The second-order valence-corrected chi connectivity index (χ2v) is 9.33. The van der Waals surface area contributed by atoms with E-state index < -0.39 is 0 Å². The van der Waals surface area contributed by atoms with Crippen molar-refractivity contribution in [2.24, 2.45) is 0 Å². The fourth-order valence-corrected chi connectivity index (χ4v) is 4.47. The SMILES string of the molecule is Cc1ccc(-c2noc(CCCN3CCN(C(=O)CCc4cnn(-c5ccccc5)c4)CC3)n2)cc1. The van der Waals surface area contributed by atoms with Gasteiger partial charge in [-0.2, -0.15) is 10.1 Å². The van der Waals surface area contributed by atoms with Crippen molar-refractivity contribution < 1.29 is 9.32 Å². The molecule has 8 heteroatoms. The third-order valence-electron chi connectivity index (χ3n) is 6.65. The van der Waals surface area contributed by atoms with Gasteiger partial charge in [0.1, 0.15) is 0 Å². The zero-order valence-corrected chi connectivity index (χ0v) is 20.7. The number of aromatic nitrogens is 4. The lowest BCUT2D eigenvalue weighted by Gasteiger charge is -2.34. The van der Waals surface area contributed by atoms with Gasteiger partial charge in [-0.15, -0.1) is 0 Å². The van der Waals surface area contributed by atoms with Crippen LogP contribution in [0.3, 0.4) is 0 Å². The van der Waals surface area contributed by atoms with E-state index in [-0.39, 0.29) is 5.91 Å². The number of amides is 1. The summed E-state index contributed by atoms with van der Waals surface area (Å²) in [5.74, 6) is 1.54. The number of hydrogen-bond acceptors (Lipinski definition) is 6. The van der Waals surface area contributed by atoms with Gasteiger partial charge >= 0.3 is 0 Å². The van der Waals surface area contributed by atoms with E-state index in [0.29, 0.717) is 24.6 Å². The zero-order valence-electron chi connectivity index (χ0n) is 20.7. The number of hydrogen-bond donors (Lipinski definition) is 0. The molecule has 0 aliphatic carbocycles. The van der Waals surface area contributed by atoms with Crippen molar-refractivity contribution in [2.45, 2.75) is 32.6 Å². The van der Waals surface area contributed by atoms with E-state index in [1.165, 1.54) is 5.56 Å². The molecule has 2 aromatic heterocycles. The first kappa shape index (κ1) is 23.9. The molecular formula is C28H32N6O2. The average molecular weight is 485 g/mol. The van der Waals surface area contributed by atoms with E-state index in [1.54, 1.807) is 0 Å². The highest BCUT2D eigenvalue weighted by Gasteiger charge is 2.21. The van der Waals surface area contributed by atoms with Crippen molar-refractivity contribution in [1.29, 1.82) is 0 Å². The quantitative estimate of drug-likeness (QED) is 0.358. The van der Waals surface area contributed by atoms with E-state index >= 15 is 0 Å². The van der Waals surface area contributed by atoms with Crippen molar-refractivity contribution in [1.82, 2.24) is 29.7 Å². The highest BCUT2D eigenvalue weighted by Crippen LogP contribution is 2.17. The van der Waals surface area contributed by atoms with Gasteiger partial charge in [0.05, 0.1) is 11.9 Å². The highest BCUT2D eigenvalue weighted by molar-refractivity contribution is 5.76. The molecule has 5 rings (SSSR count). The Morgan fingerprint density at radius 3 is 2.53 bits per heavy atom. The van der Waals surface area contributed by atoms with Gasteiger partial charge in [-0.3, -0.25) is 9.69 Å². The summed E-state index contributed by atoms with van der Waals surface area (Å²) in [4.78, 5) is 21.7. The van der Waals surface area contributed by atoms with Crippen molar-refractivity contribution in [3.8, 4) is 17.1 Å². The number of carbonyl (C=O) groups excluding carboxylic acids is 1. The molecule has 0 unspecified atom stereocenters. The van der Waals surface area contributed by atoms with Crippen LogP contribution in [-0.2, 0) is 17.6 Å². The Balaban J connectivity index is 1.01. The monoisotopic (exact) mass is 484 g/mol. The molecule has 0 saturated carbocycles. The number of benzene rings is 2. The van der Waals surface area contributed by atoms with Crippen LogP contribution in [0.25, 0.3) is 17.1 Å². The van der Waals surface area contributed by atoms with Crippen molar-refractivity contribution in [3.05, 3.63) is 84.0 Å². The molecule has 1 aliphatic rings. The van der Waals surface area contributed by atoms with Crippen LogP contribution in [0, 0.1) is 6.92 Å². The maximum Gasteiger partial charge on any atom is 0.227 e. The summed E-state index contributed by atoms with van der Waals surface area (Å²) in [6.45, 7) is 6.37. The molecule has 8 nitrogen and oxygen atoms in total. The normalized spacial score (nSPS) is 14.3. The first-order chi connectivity index (χ1) is 17.6. The van der Waals surface area contributed by atoms with E-state index in [4.69, 9.17) is 4.52 Å². The van der Waals surface area contributed by atoms with E-state index in [9.17, 15) is 4.79 Å². The van der Waals surface area contributed by atoms with Crippen LogP contribution in [0.5, 0.6) is 0 Å². The van der Waals surface area contributed by atoms with Gasteiger partial charge in [0.15, 0.2) is 0 Å². The predicted molar refractivity (Wildman–Crippen MR) is 138 cm³/mol. The fraction of sp³-hybridized carbons (Fsp3) is 0.357. The summed E-state index contributed by atoms with van der Waals surface area (Å²) < 4.78 is 7.30. The standard InChI is InChI=1S/C28H32N6O2/c1-22-9-12-24(13-10-22)28-30-26(36-31-28)8-5-15-32-16-18-33(19-17-32)27(35)14-11-23-20-29-34(21-23)25-6-3-2-4-7-25/h2-4,6-7,9-10,12-13,20-21H,5,8,11,14-19H2,1H3. The average Bonchev–Trinajstić information content (AvgIpc) is 3.59. The van der Waals surface area contributed by atoms with Crippen molar-refractivity contribution >= 4 is 5.91 Å². The van der Waals surface area contributed by atoms with Crippen LogP contribution in [-0.4, -0.2) is 68.4 Å². The molecule has 1 aliphatic heterocycles. The van der Waals surface area contributed by atoms with Crippen LogP contribution in [0.2, 0.25) is 0 Å². The van der Waals surface area contributed by atoms with Crippen molar-refractivity contribution in [3.63, 3.8) is 0 Å². The van der Waals surface area contributed by atoms with Gasteiger partial charge in [-0.05, 0) is 44.0 Å². The Hall–Kier alpha value is -3.78. The molecule has 1 amide bonds. The molecule has 1 saturated heterocycles. The minimum Gasteiger partial charge on any atom is -0.340 e. The highest BCUT2D eigenvalue weighted by atomic mass is 16.5. The summed E-state index contributed by atoms with van der Waals surface area (Å²) in [5.41, 5.74) is 4.29. The fourth-order valence-electron chi connectivity index (χ4n) is 4.47. The number of carbonyl (C=O) groups is 1. The molecule has 2 aromatic carbocycles. The van der Waals surface area contributed by atoms with Gasteiger partial charge in [0.2, 0.25) is 17.6 Å². The lowest BCUT2D eigenvalue weighted by atomic mass is 10.1. The molecule has 0 bridgehead atoms. The second kappa shape index (κ2) is 11.3. The Morgan fingerprint density at radius 1 is 0.972 bits per heavy atom. The zero-order chi connectivity index (χ0) is 24.7. The Labute approximate surface area is 211 Å². The van der Waals surface area contributed by atoms with Crippen LogP contribution >= 0.6 is 0 Å². The van der Waals surface area contributed by atoms with Gasteiger partial charge in [-0.25, -0.2) is 4.68 Å². The van der Waals surface area contributed by atoms with Gasteiger partial charge in [0.25, 0.3) is 0 Å². The van der Waals surface area contributed by atoms with Crippen molar-refractivity contribution in [2.75, 3.05) is 32.7 Å². The maximum absolute atomic E-state index is 12.7. The second-order valence-electron chi connectivity index (χ2n) is 9.33.